The summed E-state index contributed by atoms with van der Waals surface area (Å²) in [6.45, 7) is -0.318. The summed E-state index contributed by atoms with van der Waals surface area (Å²) >= 11 is 0. The highest BCUT2D eigenvalue weighted by Gasteiger charge is 2.13. The number of nitrogens with zero attached hydrogens (tertiary/aromatic N) is 2. The van der Waals surface area contributed by atoms with E-state index in [-0.39, 0.29) is 13.0 Å². The molecule has 0 aliphatic heterocycles. The number of aryl methyl sites for hydroxylation is 1. The number of para-hydroxylation sites is 2. The number of esters is 1. The van der Waals surface area contributed by atoms with Crippen molar-refractivity contribution in [3.8, 4) is 0 Å². The molecule has 0 atom stereocenters. The van der Waals surface area contributed by atoms with Gasteiger partial charge in [0.25, 0.3) is 5.91 Å². The van der Waals surface area contributed by atoms with Crippen LogP contribution >= 0.6 is 0 Å². The first kappa shape index (κ1) is 18.4. The summed E-state index contributed by atoms with van der Waals surface area (Å²) in [6.07, 6.45) is 1.61. The van der Waals surface area contributed by atoms with Crippen molar-refractivity contribution < 1.29 is 18.7 Å². The van der Waals surface area contributed by atoms with Crippen molar-refractivity contribution in [2.24, 2.45) is 0 Å². The van der Waals surface area contributed by atoms with Crippen LogP contribution in [0.3, 0.4) is 0 Å². The Labute approximate surface area is 164 Å². The molecular weight excluding hydrogens is 374 g/mol. The lowest BCUT2D eigenvalue weighted by molar-refractivity contribution is -0.147. The Balaban J connectivity index is 1.33. The van der Waals surface area contributed by atoms with Crippen LogP contribution in [0, 0.1) is 0 Å². The molecule has 0 spiro atoms. The summed E-state index contributed by atoms with van der Waals surface area (Å²) in [5, 5.41) is 3.51. The molecule has 0 bridgehead atoms. The van der Waals surface area contributed by atoms with Crippen molar-refractivity contribution in [1.82, 2.24) is 9.55 Å². The number of nitrogens with one attached hydrogen (secondary N) is 1. The maximum absolute atomic E-state index is 12.1. The van der Waals surface area contributed by atoms with Gasteiger partial charge in [-0.2, -0.15) is 0 Å². The fourth-order valence-electron chi connectivity index (χ4n) is 3.05. The number of carbonyl (C=O) groups excluding carboxylic acids is 2. The molecule has 0 saturated heterocycles. The first-order chi connectivity index (χ1) is 14.1. The number of hydrogen-bond donors (Lipinski definition) is 1. The van der Waals surface area contributed by atoms with Gasteiger partial charge in [0.15, 0.2) is 12.2 Å². The van der Waals surface area contributed by atoms with Crippen LogP contribution in [0.4, 0.5) is 5.69 Å². The third-order valence-electron chi connectivity index (χ3n) is 4.40. The third-order valence-corrected chi connectivity index (χ3v) is 4.40. The summed E-state index contributed by atoms with van der Waals surface area (Å²) < 4.78 is 11.5. The zero-order chi connectivity index (χ0) is 20.2. The monoisotopic (exact) mass is 391 g/mol. The molecule has 1 N–H and O–H groups in total. The highest BCUT2D eigenvalue weighted by molar-refractivity contribution is 6.01. The van der Waals surface area contributed by atoms with E-state index in [2.05, 4.69) is 10.3 Å². The van der Waals surface area contributed by atoms with E-state index in [1.165, 1.54) is 4.57 Å². The Morgan fingerprint density at radius 1 is 1.07 bits per heavy atom. The Morgan fingerprint density at radius 3 is 2.83 bits per heavy atom. The summed E-state index contributed by atoms with van der Waals surface area (Å²) in [5.41, 5.74) is 2.40. The quantitative estimate of drug-likeness (QED) is 0.507. The molecule has 0 radical (unpaired) electrons. The fourth-order valence-corrected chi connectivity index (χ4v) is 3.05. The minimum atomic E-state index is -0.586. The first-order valence-electron chi connectivity index (χ1n) is 8.99. The number of benzene rings is 2. The van der Waals surface area contributed by atoms with Crippen LogP contribution in [0.1, 0.15) is 6.42 Å². The number of aromatic nitrogens is 2. The fraction of sp³-hybridized carbons (Fsp3) is 0.143. The molecule has 2 aromatic heterocycles. The summed E-state index contributed by atoms with van der Waals surface area (Å²) in [7, 11) is 0. The van der Waals surface area contributed by atoms with Gasteiger partial charge in [-0.15, -0.1) is 0 Å². The predicted molar refractivity (Wildman–Crippen MR) is 106 cm³/mol. The molecule has 0 aliphatic carbocycles. The molecule has 146 valence electrons. The number of rotatable bonds is 6. The molecule has 4 rings (SSSR count). The molecule has 4 aromatic rings. The minimum Gasteiger partial charge on any atom is -0.456 e. The van der Waals surface area contributed by atoms with E-state index in [0.29, 0.717) is 16.8 Å². The maximum Gasteiger partial charge on any atom is 0.419 e. The predicted octanol–water partition coefficient (Wildman–Crippen LogP) is 2.71. The van der Waals surface area contributed by atoms with Crippen LogP contribution in [-0.4, -0.2) is 28.0 Å². The topological polar surface area (TPSA) is 103 Å². The number of oxazole rings is 1. The van der Waals surface area contributed by atoms with E-state index in [1.807, 2.05) is 12.1 Å². The van der Waals surface area contributed by atoms with E-state index in [0.717, 1.165) is 10.9 Å². The standard InChI is InChI=1S/C21H17N3O5/c25-19(23-16-7-3-6-15-14(16)5-4-11-22-15)13-28-20(26)10-12-24-17-8-1-2-9-18(17)29-21(24)27/h1-9,11H,10,12-13H2,(H,23,25). The van der Waals surface area contributed by atoms with Gasteiger partial charge in [0.1, 0.15) is 0 Å². The number of pyridine rings is 1. The van der Waals surface area contributed by atoms with Gasteiger partial charge < -0.3 is 14.5 Å². The molecule has 8 heteroatoms. The van der Waals surface area contributed by atoms with E-state index < -0.39 is 24.2 Å². The van der Waals surface area contributed by atoms with Crippen LogP contribution in [0.15, 0.2) is 70.0 Å². The van der Waals surface area contributed by atoms with Crippen molar-refractivity contribution in [2.45, 2.75) is 13.0 Å². The van der Waals surface area contributed by atoms with Crippen LogP contribution in [0.25, 0.3) is 22.0 Å². The Hall–Kier alpha value is -3.94. The number of ether oxygens (including phenoxy) is 1. The second kappa shape index (κ2) is 7.97. The second-order valence-electron chi connectivity index (χ2n) is 6.32. The van der Waals surface area contributed by atoms with Crippen LogP contribution in [-0.2, 0) is 20.9 Å². The van der Waals surface area contributed by atoms with Gasteiger partial charge in [-0.1, -0.05) is 18.2 Å². The normalized spacial score (nSPS) is 10.9. The van der Waals surface area contributed by atoms with E-state index >= 15 is 0 Å². The number of anilines is 1. The minimum absolute atomic E-state index is 0.0606. The number of hydrogen-bond acceptors (Lipinski definition) is 6. The van der Waals surface area contributed by atoms with Crippen molar-refractivity contribution in [2.75, 3.05) is 11.9 Å². The molecule has 0 aliphatic rings. The maximum atomic E-state index is 12.1. The largest absolute Gasteiger partial charge is 0.456 e. The highest BCUT2D eigenvalue weighted by Crippen LogP contribution is 2.21. The van der Waals surface area contributed by atoms with Crippen molar-refractivity contribution >= 4 is 39.6 Å². The van der Waals surface area contributed by atoms with Crippen LogP contribution in [0.2, 0.25) is 0 Å². The van der Waals surface area contributed by atoms with E-state index in [1.54, 1.807) is 48.7 Å². The van der Waals surface area contributed by atoms with Gasteiger partial charge in [-0.25, -0.2) is 4.79 Å². The third kappa shape index (κ3) is 4.01. The molecule has 8 nitrogen and oxygen atoms in total. The van der Waals surface area contributed by atoms with E-state index in [4.69, 9.17) is 9.15 Å². The molecule has 2 heterocycles. The molecular formula is C21H17N3O5. The lowest BCUT2D eigenvalue weighted by atomic mass is 10.2. The molecule has 0 unspecified atom stereocenters. The van der Waals surface area contributed by atoms with Crippen molar-refractivity contribution in [3.63, 3.8) is 0 Å². The molecule has 2 aromatic carbocycles. The van der Waals surface area contributed by atoms with Gasteiger partial charge in [-0.05, 0) is 36.4 Å². The lowest BCUT2D eigenvalue weighted by Gasteiger charge is -2.09. The van der Waals surface area contributed by atoms with Crippen LogP contribution in [0.5, 0.6) is 0 Å². The number of amides is 1. The smallest absolute Gasteiger partial charge is 0.419 e. The van der Waals surface area contributed by atoms with E-state index in [9.17, 15) is 14.4 Å². The van der Waals surface area contributed by atoms with Gasteiger partial charge >= 0.3 is 11.7 Å². The number of carbonyl (C=O) groups is 2. The number of fused-ring (bicyclic) bond motifs is 2. The van der Waals surface area contributed by atoms with Gasteiger partial charge in [-0.3, -0.25) is 19.1 Å². The van der Waals surface area contributed by atoms with Gasteiger partial charge in [0.05, 0.1) is 23.1 Å². The van der Waals surface area contributed by atoms with Crippen molar-refractivity contribution in [1.29, 1.82) is 0 Å². The van der Waals surface area contributed by atoms with Crippen molar-refractivity contribution in [3.05, 3.63) is 71.3 Å². The van der Waals surface area contributed by atoms with Gasteiger partial charge in [0.2, 0.25) is 0 Å². The summed E-state index contributed by atoms with van der Waals surface area (Å²) in [6, 6.07) is 15.9. The zero-order valence-corrected chi connectivity index (χ0v) is 15.3. The average Bonchev–Trinajstić information content (AvgIpc) is 3.06. The molecule has 0 fully saturated rings. The Bertz CT molecular complexity index is 1250. The Kier molecular flexibility index (Phi) is 5.07. The van der Waals surface area contributed by atoms with Gasteiger partial charge in [0, 0.05) is 18.1 Å². The SMILES string of the molecule is O=C(COC(=O)CCn1c(=O)oc2ccccc21)Nc1cccc2ncccc12. The Morgan fingerprint density at radius 2 is 1.93 bits per heavy atom. The molecule has 29 heavy (non-hydrogen) atoms. The molecule has 0 saturated carbocycles. The first-order valence-corrected chi connectivity index (χ1v) is 8.99. The lowest BCUT2D eigenvalue weighted by Crippen LogP contribution is -2.22. The van der Waals surface area contributed by atoms with Crippen LogP contribution < -0.4 is 11.1 Å². The average molecular weight is 391 g/mol. The second-order valence-corrected chi connectivity index (χ2v) is 6.32. The summed E-state index contributed by atoms with van der Waals surface area (Å²) in [4.78, 5) is 40.3. The zero-order valence-electron chi connectivity index (χ0n) is 15.3. The summed E-state index contributed by atoms with van der Waals surface area (Å²) in [5.74, 6) is -1.58. The molecule has 1 amide bonds. The highest BCUT2D eigenvalue weighted by atomic mass is 16.5.